The van der Waals surface area contributed by atoms with Gasteiger partial charge in [0.1, 0.15) is 21.3 Å². The lowest BCUT2D eigenvalue weighted by Gasteiger charge is -2.26. The molecule has 0 bridgehead atoms. The Hall–Kier alpha value is -2.82. The van der Waals surface area contributed by atoms with Gasteiger partial charge in [-0.2, -0.15) is 0 Å². The summed E-state index contributed by atoms with van der Waals surface area (Å²) in [5, 5.41) is 3.90. The highest BCUT2D eigenvalue weighted by molar-refractivity contribution is 7.21. The second-order valence-electron chi connectivity index (χ2n) is 9.16. The minimum atomic E-state index is -0.150. The summed E-state index contributed by atoms with van der Waals surface area (Å²) >= 11 is 1.32. The minimum absolute atomic E-state index is 0.0425. The van der Waals surface area contributed by atoms with Crippen molar-refractivity contribution >= 4 is 39.0 Å². The fourth-order valence-electron chi connectivity index (χ4n) is 4.83. The first-order valence-corrected chi connectivity index (χ1v) is 12.6. The lowest BCUT2D eigenvalue weighted by molar-refractivity contribution is 0.0938. The van der Waals surface area contributed by atoms with Gasteiger partial charge in [-0.3, -0.25) is 4.79 Å². The second-order valence-corrected chi connectivity index (χ2v) is 10.2. The van der Waals surface area contributed by atoms with E-state index in [1.807, 2.05) is 13.8 Å². The number of rotatable bonds is 6. The van der Waals surface area contributed by atoms with Crippen molar-refractivity contribution in [3.63, 3.8) is 0 Å². The van der Waals surface area contributed by atoms with Gasteiger partial charge in [0.25, 0.3) is 5.91 Å². The molecule has 34 heavy (non-hydrogen) atoms. The third-order valence-corrected chi connectivity index (χ3v) is 7.86. The molecule has 3 unspecified atom stereocenters. The van der Waals surface area contributed by atoms with Gasteiger partial charge in [-0.1, -0.05) is 6.07 Å². The molecule has 1 fully saturated rings. The first kappa shape index (κ1) is 22.9. The van der Waals surface area contributed by atoms with E-state index in [1.165, 1.54) is 16.9 Å². The summed E-state index contributed by atoms with van der Waals surface area (Å²) in [6, 6.07) is 4.36. The average molecular weight is 482 g/mol. The molecule has 10 heteroatoms. The van der Waals surface area contributed by atoms with Crippen LogP contribution < -0.4 is 21.7 Å². The third-order valence-electron chi connectivity index (χ3n) is 6.75. The Bertz CT molecular complexity index is 1210. The van der Waals surface area contributed by atoms with Crippen LogP contribution in [0.4, 0.5) is 11.5 Å². The number of ether oxygens (including phenoxy) is 1. The molecule has 1 saturated heterocycles. The van der Waals surface area contributed by atoms with Crippen LogP contribution in [0.1, 0.15) is 40.1 Å². The number of amides is 1. The number of nitrogens with zero attached hydrogens (tertiary/aromatic N) is 4. The number of anilines is 2. The summed E-state index contributed by atoms with van der Waals surface area (Å²) in [7, 11) is 0. The summed E-state index contributed by atoms with van der Waals surface area (Å²) < 4.78 is 5.59. The van der Waals surface area contributed by atoms with Crippen molar-refractivity contribution in [2.24, 2.45) is 11.7 Å². The van der Waals surface area contributed by atoms with Crippen molar-refractivity contribution in [3.8, 4) is 0 Å². The van der Waals surface area contributed by atoms with Gasteiger partial charge in [0.05, 0.1) is 17.7 Å². The Morgan fingerprint density at radius 2 is 2.18 bits per heavy atom. The van der Waals surface area contributed by atoms with Crippen LogP contribution >= 0.6 is 11.3 Å². The van der Waals surface area contributed by atoms with Crippen molar-refractivity contribution in [3.05, 3.63) is 40.3 Å². The van der Waals surface area contributed by atoms with E-state index in [2.05, 4.69) is 32.3 Å². The molecule has 4 heterocycles. The number of carbonyl (C=O) groups is 1. The van der Waals surface area contributed by atoms with Crippen LogP contribution in [0.3, 0.4) is 0 Å². The molecule has 2 aliphatic rings. The Balaban J connectivity index is 1.24. The summed E-state index contributed by atoms with van der Waals surface area (Å²) in [5.74, 6) is 1.82. The highest BCUT2D eigenvalue weighted by atomic mass is 32.1. The normalized spacial score (nSPS) is 22.2. The minimum Gasteiger partial charge on any atom is -0.397 e. The number of aromatic nitrogens is 3. The Kier molecular flexibility index (Phi) is 6.37. The smallest absolute Gasteiger partial charge is 0.263 e. The number of pyridine rings is 1. The summed E-state index contributed by atoms with van der Waals surface area (Å²) in [6.07, 6.45) is 4.10. The SMILES string of the molecule is CCOCC1CN(c2ccc3c(n2)CCC(NC(=O)c2sc4nc(C)ncc4c2N)C3)CC1N. The highest BCUT2D eigenvalue weighted by Gasteiger charge is 2.32. The topological polar surface area (TPSA) is 132 Å². The van der Waals surface area contributed by atoms with Gasteiger partial charge in [0, 0.05) is 49.6 Å². The van der Waals surface area contributed by atoms with E-state index in [1.54, 1.807) is 6.20 Å². The standard InChI is InChI=1S/C24H31N7O2S/c1-3-33-12-15-10-31(11-18(15)25)20-7-4-14-8-16(5-6-19(14)30-20)29-23(32)22-21(26)17-9-27-13(2)28-24(17)34-22/h4,7,9,15-16,18H,3,5-6,8,10-12,25-26H2,1-2H3,(H,29,32). The van der Waals surface area contributed by atoms with Gasteiger partial charge in [-0.25, -0.2) is 15.0 Å². The zero-order chi connectivity index (χ0) is 23.8. The highest BCUT2D eigenvalue weighted by Crippen LogP contribution is 2.32. The number of nitrogens with one attached hydrogen (secondary N) is 1. The number of hydrogen-bond donors (Lipinski definition) is 3. The van der Waals surface area contributed by atoms with Gasteiger partial charge in [0.2, 0.25) is 0 Å². The van der Waals surface area contributed by atoms with E-state index in [0.717, 1.165) is 54.1 Å². The Morgan fingerprint density at radius 1 is 1.32 bits per heavy atom. The molecular formula is C24H31N7O2S. The maximum absolute atomic E-state index is 13.0. The van der Waals surface area contributed by atoms with Crippen molar-refractivity contribution in [2.75, 3.05) is 36.9 Å². The van der Waals surface area contributed by atoms with E-state index >= 15 is 0 Å². The molecule has 5 rings (SSSR count). The molecule has 3 aromatic rings. The van der Waals surface area contributed by atoms with Crippen LogP contribution in [0.15, 0.2) is 18.3 Å². The van der Waals surface area contributed by atoms with Crippen molar-refractivity contribution in [2.45, 2.75) is 45.2 Å². The number of nitrogens with two attached hydrogens (primary N) is 2. The van der Waals surface area contributed by atoms with E-state index < -0.39 is 0 Å². The number of thiophene rings is 1. The summed E-state index contributed by atoms with van der Waals surface area (Å²) in [5.41, 5.74) is 15.3. The number of fused-ring (bicyclic) bond motifs is 2. The van der Waals surface area contributed by atoms with Crippen LogP contribution in [0.5, 0.6) is 0 Å². The van der Waals surface area contributed by atoms with E-state index in [4.69, 9.17) is 21.2 Å². The predicted molar refractivity (Wildman–Crippen MR) is 134 cm³/mol. The molecular weight excluding hydrogens is 450 g/mol. The van der Waals surface area contributed by atoms with Crippen molar-refractivity contribution in [1.29, 1.82) is 0 Å². The number of hydrogen-bond acceptors (Lipinski definition) is 9. The zero-order valence-corrected chi connectivity index (χ0v) is 20.4. The van der Waals surface area contributed by atoms with Crippen molar-refractivity contribution < 1.29 is 9.53 Å². The number of nitrogen functional groups attached to an aromatic ring is 1. The summed E-state index contributed by atoms with van der Waals surface area (Å²) in [6.45, 7) is 6.89. The van der Waals surface area contributed by atoms with Crippen LogP contribution in [-0.2, 0) is 17.6 Å². The maximum Gasteiger partial charge on any atom is 0.263 e. The van der Waals surface area contributed by atoms with E-state index in [9.17, 15) is 4.79 Å². The lowest BCUT2D eigenvalue weighted by atomic mass is 9.91. The molecule has 0 aromatic carbocycles. The summed E-state index contributed by atoms with van der Waals surface area (Å²) in [4.78, 5) is 30.0. The quantitative estimate of drug-likeness (QED) is 0.487. The lowest BCUT2D eigenvalue weighted by Crippen LogP contribution is -2.39. The maximum atomic E-state index is 13.0. The number of aryl methyl sites for hydroxylation is 2. The van der Waals surface area contributed by atoms with Crippen molar-refractivity contribution in [1.82, 2.24) is 20.3 Å². The predicted octanol–water partition coefficient (Wildman–Crippen LogP) is 2.06. The van der Waals surface area contributed by atoms with Crippen LogP contribution in [0, 0.1) is 12.8 Å². The molecule has 0 radical (unpaired) electrons. The molecule has 3 aromatic heterocycles. The van der Waals surface area contributed by atoms with E-state index in [-0.39, 0.29) is 18.0 Å². The average Bonchev–Trinajstić information content (AvgIpc) is 3.36. The van der Waals surface area contributed by atoms with E-state index in [0.29, 0.717) is 35.5 Å². The Labute approximate surface area is 202 Å². The van der Waals surface area contributed by atoms with Gasteiger partial charge < -0.3 is 26.4 Å². The van der Waals surface area contributed by atoms with Gasteiger partial charge in [0.15, 0.2) is 0 Å². The molecule has 0 spiro atoms. The Morgan fingerprint density at radius 3 is 3.00 bits per heavy atom. The van der Waals surface area contributed by atoms with Gasteiger partial charge in [-0.05, 0) is 44.7 Å². The third kappa shape index (κ3) is 4.45. The zero-order valence-electron chi connectivity index (χ0n) is 19.6. The largest absolute Gasteiger partial charge is 0.397 e. The van der Waals surface area contributed by atoms with Gasteiger partial charge >= 0.3 is 0 Å². The molecule has 3 atom stereocenters. The molecule has 180 valence electrons. The van der Waals surface area contributed by atoms with Crippen LogP contribution in [0.25, 0.3) is 10.2 Å². The monoisotopic (exact) mass is 481 g/mol. The van der Waals surface area contributed by atoms with Crippen LogP contribution in [-0.4, -0.2) is 59.2 Å². The second kappa shape index (κ2) is 9.44. The van der Waals surface area contributed by atoms with Crippen LogP contribution in [0.2, 0.25) is 0 Å². The first-order chi connectivity index (χ1) is 16.4. The first-order valence-electron chi connectivity index (χ1n) is 11.8. The fourth-order valence-corrected chi connectivity index (χ4v) is 5.85. The molecule has 0 saturated carbocycles. The molecule has 9 nitrogen and oxygen atoms in total. The molecule has 1 aliphatic carbocycles. The number of carbonyl (C=O) groups excluding carboxylic acids is 1. The molecule has 1 amide bonds. The van der Waals surface area contributed by atoms with Gasteiger partial charge in [-0.15, -0.1) is 11.3 Å². The molecule has 1 aliphatic heterocycles. The fraction of sp³-hybridized carbons (Fsp3) is 0.500. The molecule has 5 N–H and O–H groups in total.